The highest BCUT2D eigenvalue weighted by molar-refractivity contribution is 7.92. The zero-order valence-corrected chi connectivity index (χ0v) is 16.5. The van der Waals surface area contributed by atoms with Crippen LogP contribution in [0.4, 0.5) is 5.13 Å². The SMILES string of the molecule is O=C(CS(=O)(=O)c1ccc(Cl)cc1)Nc1nc2c(s1)CCc1ccccc1-2. The number of aryl methyl sites for hydroxylation is 2. The van der Waals surface area contributed by atoms with E-state index in [1.54, 1.807) is 0 Å². The summed E-state index contributed by atoms with van der Waals surface area (Å²) in [5.74, 6) is -1.25. The number of halogens is 1. The van der Waals surface area contributed by atoms with Crippen LogP contribution < -0.4 is 5.32 Å². The van der Waals surface area contributed by atoms with Gasteiger partial charge in [0.1, 0.15) is 5.75 Å². The lowest BCUT2D eigenvalue weighted by atomic mass is 9.94. The molecular formula is C19H15ClN2O3S2. The quantitative estimate of drug-likeness (QED) is 0.695. The highest BCUT2D eigenvalue weighted by atomic mass is 35.5. The normalized spacial score (nSPS) is 12.9. The van der Waals surface area contributed by atoms with Gasteiger partial charge in [-0.15, -0.1) is 11.3 Å². The third-order valence-electron chi connectivity index (χ3n) is 4.33. The van der Waals surface area contributed by atoms with Crippen molar-refractivity contribution in [1.29, 1.82) is 0 Å². The van der Waals surface area contributed by atoms with Gasteiger partial charge in [-0.2, -0.15) is 0 Å². The minimum Gasteiger partial charge on any atom is -0.301 e. The fourth-order valence-electron chi connectivity index (χ4n) is 3.06. The van der Waals surface area contributed by atoms with Crippen LogP contribution in [-0.4, -0.2) is 25.1 Å². The molecule has 1 aliphatic carbocycles. The molecule has 0 unspecified atom stereocenters. The Bertz CT molecular complexity index is 1120. The zero-order valence-electron chi connectivity index (χ0n) is 14.1. The summed E-state index contributed by atoms with van der Waals surface area (Å²) in [5, 5.41) is 3.49. The number of nitrogens with zero attached hydrogens (tertiary/aromatic N) is 1. The van der Waals surface area contributed by atoms with Crippen molar-refractivity contribution in [3.63, 3.8) is 0 Å². The molecule has 5 nitrogen and oxygen atoms in total. The Balaban J connectivity index is 1.51. The monoisotopic (exact) mass is 418 g/mol. The van der Waals surface area contributed by atoms with Crippen molar-refractivity contribution in [2.75, 3.05) is 11.1 Å². The molecule has 0 bridgehead atoms. The summed E-state index contributed by atoms with van der Waals surface area (Å²) in [4.78, 5) is 18.0. The number of hydrogen-bond acceptors (Lipinski definition) is 5. The van der Waals surface area contributed by atoms with Gasteiger partial charge in [-0.1, -0.05) is 35.9 Å². The molecule has 0 fully saturated rings. The smallest absolute Gasteiger partial charge is 0.241 e. The van der Waals surface area contributed by atoms with Crippen LogP contribution in [0.1, 0.15) is 10.4 Å². The number of hydrogen-bond donors (Lipinski definition) is 1. The van der Waals surface area contributed by atoms with E-state index in [4.69, 9.17) is 11.6 Å². The predicted molar refractivity (Wildman–Crippen MR) is 107 cm³/mol. The largest absolute Gasteiger partial charge is 0.301 e. The molecule has 1 aromatic heterocycles. The Morgan fingerprint density at radius 1 is 1.11 bits per heavy atom. The number of carbonyl (C=O) groups excluding carboxylic acids is 1. The number of aromatic nitrogens is 1. The van der Waals surface area contributed by atoms with Gasteiger partial charge >= 0.3 is 0 Å². The molecule has 1 heterocycles. The highest BCUT2D eigenvalue weighted by Crippen LogP contribution is 2.37. The number of fused-ring (bicyclic) bond motifs is 3. The van der Waals surface area contributed by atoms with Gasteiger partial charge in [0.25, 0.3) is 0 Å². The van der Waals surface area contributed by atoms with E-state index in [0.29, 0.717) is 10.2 Å². The van der Waals surface area contributed by atoms with Gasteiger partial charge in [0.15, 0.2) is 15.0 Å². The Kier molecular flexibility index (Phi) is 4.75. The van der Waals surface area contributed by atoms with E-state index in [0.717, 1.165) is 29.0 Å². The van der Waals surface area contributed by atoms with Crippen LogP contribution in [0.2, 0.25) is 5.02 Å². The van der Waals surface area contributed by atoms with Crippen molar-refractivity contribution in [2.24, 2.45) is 0 Å². The Morgan fingerprint density at radius 3 is 2.63 bits per heavy atom. The Labute approximate surface area is 165 Å². The van der Waals surface area contributed by atoms with Gasteiger partial charge in [0, 0.05) is 15.5 Å². The average molecular weight is 419 g/mol. The van der Waals surface area contributed by atoms with E-state index in [-0.39, 0.29) is 4.90 Å². The van der Waals surface area contributed by atoms with Crippen LogP contribution in [0.15, 0.2) is 53.4 Å². The first kappa shape index (κ1) is 18.2. The molecular weight excluding hydrogens is 404 g/mol. The van der Waals surface area contributed by atoms with E-state index in [1.807, 2.05) is 18.2 Å². The second kappa shape index (κ2) is 7.07. The molecule has 1 N–H and O–H groups in total. The van der Waals surface area contributed by atoms with E-state index >= 15 is 0 Å². The molecule has 0 spiro atoms. The number of rotatable bonds is 4. The van der Waals surface area contributed by atoms with Gasteiger partial charge in [0.2, 0.25) is 5.91 Å². The standard InChI is InChI=1S/C19H15ClN2O3S2/c20-13-6-8-14(9-7-13)27(24,25)11-17(23)21-19-22-18-15-4-2-1-3-12(15)5-10-16(18)26-19/h1-4,6-9H,5,10-11H2,(H,21,22,23). The lowest BCUT2D eigenvalue weighted by Gasteiger charge is -2.13. The third kappa shape index (κ3) is 3.76. The first-order chi connectivity index (χ1) is 12.9. The van der Waals surface area contributed by atoms with Gasteiger partial charge in [-0.05, 0) is 42.7 Å². The number of amides is 1. The van der Waals surface area contributed by atoms with Crippen molar-refractivity contribution in [3.8, 4) is 11.3 Å². The molecule has 27 heavy (non-hydrogen) atoms. The van der Waals surface area contributed by atoms with Gasteiger partial charge in [-0.3, -0.25) is 4.79 Å². The number of benzene rings is 2. The van der Waals surface area contributed by atoms with E-state index in [1.165, 1.54) is 41.2 Å². The Hall–Kier alpha value is -2.22. The van der Waals surface area contributed by atoms with E-state index in [2.05, 4.69) is 16.4 Å². The van der Waals surface area contributed by atoms with E-state index in [9.17, 15) is 13.2 Å². The summed E-state index contributed by atoms with van der Waals surface area (Å²) >= 11 is 7.18. The molecule has 138 valence electrons. The molecule has 0 radical (unpaired) electrons. The summed E-state index contributed by atoms with van der Waals surface area (Å²) < 4.78 is 24.8. The first-order valence-corrected chi connectivity index (χ1v) is 11.1. The van der Waals surface area contributed by atoms with Gasteiger partial charge in [-0.25, -0.2) is 13.4 Å². The Morgan fingerprint density at radius 2 is 1.85 bits per heavy atom. The van der Waals surface area contributed by atoms with Crippen molar-refractivity contribution in [3.05, 3.63) is 64.0 Å². The summed E-state index contributed by atoms with van der Waals surface area (Å²) in [6.45, 7) is 0. The van der Waals surface area contributed by atoms with Gasteiger partial charge < -0.3 is 5.32 Å². The van der Waals surface area contributed by atoms with Crippen molar-refractivity contribution in [1.82, 2.24) is 4.98 Å². The third-order valence-corrected chi connectivity index (χ3v) is 7.25. The van der Waals surface area contributed by atoms with Crippen LogP contribution in [0.25, 0.3) is 11.3 Å². The molecule has 2 aromatic carbocycles. The molecule has 3 aromatic rings. The maximum absolute atomic E-state index is 12.4. The average Bonchev–Trinajstić information content (AvgIpc) is 3.04. The van der Waals surface area contributed by atoms with Crippen molar-refractivity contribution in [2.45, 2.75) is 17.7 Å². The summed E-state index contributed by atoms with van der Waals surface area (Å²) in [5.41, 5.74) is 3.18. The van der Waals surface area contributed by atoms with Crippen LogP contribution in [-0.2, 0) is 27.5 Å². The maximum atomic E-state index is 12.4. The second-order valence-corrected chi connectivity index (χ2v) is 9.72. The molecule has 4 rings (SSSR count). The molecule has 1 aliphatic rings. The number of nitrogens with one attached hydrogen (secondary N) is 1. The summed E-state index contributed by atoms with van der Waals surface area (Å²) in [6, 6.07) is 13.8. The second-order valence-electron chi connectivity index (χ2n) is 6.21. The predicted octanol–water partition coefficient (Wildman–Crippen LogP) is 3.97. The minimum absolute atomic E-state index is 0.0643. The van der Waals surface area contributed by atoms with Crippen LogP contribution in [0.5, 0.6) is 0 Å². The maximum Gasteiger partial charge on any atom is 0.241 e. The first-order valence-electron chi connectivity index (χ1n) is 8.28. The molecule has 1 amide bonds. The van der Waals surface area contributed by atoms with Crippen molar-refractivity contribution < 1.29 is 13.2 Å². The topological polar surface area (TPSA) is 76.1 Å². The minimum atomic E-state index is -3.74. The number of thiazole rings is 1. The molecule has 0 atom stereocenters. The number of sulfone groups is 1. The van der Waals surface area contributed by atoms with Crippen LogP contribution in [0.3, 0.4) is 0 Å². The highest BCUT2D eigenvalue weighted by Gasteiger charge is 2.23. The fourth-order valence-corrected chi connectivity index (χ4v) is 5.31. The van der Waals surface area contributed by atoms with Crippen LogP contribution in [0, 0.1) is 0 Å². The fraction of sp³-hybridized carbons (Fsp3) is 0.158. The lowest BCUT2D eigenvalue weighted by molar-refractivity contribution is -0.113. The summed E-state index contributed by atoms with van der Waals surface area (Å²) in [7, 11) is -3.74. The van der Waals surface area contributed by atoms with E-state index < -0.39 is 21.5 Å². The number of anilines is 1. The molecule has 0 saturated heterocycles. The zero-order chi connectivity index (χ0) is 19.0. The van der Waals surface area contributed by atoms with Crippen molar-refractivity contribution >= 4 is 43.8 Å². The molecule has 0 saturated carbocycles. The molecule has 0 aliphatic heterocycles. The summed E-state index contributed by atoms with van der Waals surface area (Å²) in [6.07, 6.45) is 1.80. The van der Waals surface area contributed by atoms with Crippen LogP contribution >= 0.6 is 22.9 Å². The number of carbonyl (C=O) groups is 1. The lowest BCUT2D eigenvalue weighted by Crippen LogP contribution is -2.22. The molecule has 8 heteroatoms. The van der Waals surface area contributed by atoms with Gasteiger partial charge in [0.05, 0.1) is 10.6 Å².